The fraction of sp³-hybridized carbons (Fsp3) is 0.524. The predicted octanol–water partition coefficient (Wildman–Crippen LogP) is 0.860. The van der Waals surface area contributed by atoms with E-state index in [4.69, 9.17) is 19.7 Å². The first-order chi connectivity index (χ1) is 16.5. The van der Waals surface area contributed by atoms with Crippen LogP contribution < -0.4 is 10.6 Å². The summed E-state index contributed by atoms with van der Waals surface area (Å²) in [6, 6.07) is 3.88. The smallest absolute Gasteiger partial charge is 0.264 e. The van der Waals surface area contributed by atoms with Gasteiger partial charge in [0.1, 0.15) is 6.04 Å². The summed E-state index contributed by atoms with van der Waals surface area (Å²) in [6.07, 6.45) is 0.178. The van der Waals surface area contributed by atoms with Crippen LogP contribution in [0.2, 0.25) is 0 Å². The number of imide groups is 2. The topological polar surface area (TPSA) is 172 Å². The van der Waals surface area contributed by atoms with Gasteiger partial charge in [-0.05, 0) is 24.1 Å². The number of piperidine rings is 1. The molecule has 4 amide bonds. The number of anilines is 1. The maximum absolute atomic E-state index is 13.0. The Hall–Kier alpha value is -3.51. The van der Waals surface area contributed by atoms with Crippen molar-refractivity contribution in [2.45, 2.75) is 18.9 Å². The summed E-state index contributed by atoms with van der Waals surface area (Å²) < 4.78 is 16.1. The van der Waals surface area contributed by atoms with Crippen LogP contribution in [0.4, 0.5) is 5.69 Å². The molecule has 0 aromatic heterocycles. The fourth-order valence-corrected chi connectivity index (χ4v) is 3.61. The highest BCUT2D eigenvalue weighted by molar-refractivity contribution is 6.25. The molecule has 1 fully saturated rings. The van der Waals surface area contributed by atoms with Crippen LogP contribution in [0.1, 0.15) is 33.6 Å². The summed E-state index contributed by atoms with van der Waals surface area (Å²) in [6.45, 7) is 2.90. The number of ether oxygens (including phenoxy) is 3. The molecular weight excluding hydrogens is 448 g/mol. The number of nitrogens with one attached hydrogen (secondary N) is 2. The number of fused-ring (bicyclic) bond motifs is 1. The largest absolute Gasteiger partial charge is 0.382 e. The molecular formula is C21H26N6O7. The SMILES string of the molecule is [N-]=[N+]=NCCOCCOCCOCCNc1cccc2c1C(=O)N(C1CCC(=O)NC1=O)C2=O. The van der Waals surface area contributed by atoms with Crippen LogP contribution in [0.5, 0.6) is 0 Å². The average Bonchev–Trinajstić information content (AvgIpc) is 3.08. The van der Waals surface area contributed by atoms with Crippen LogP contribution >= 0.6 is 0 Å². The molecule has 0 saturated carbocycles. The van der Waals surface area contributed by atoms with Gasteiger partial charge in [0.25, 0.3) is 11.8 Å². The molecule has 0 radical (unpaired) electrons. The number of hydrogen-bond donors (Lipinski definition) is 2. The Balaban J connectivity index is 1.40. The molecule has 2 N–H and O–H groups in total. The highest BCUT2D eigenvalue weighted by Gasteiger charge is 2.45. The van der Waals surface area contributed by atoms with E-state index in [1.165, 1.54) is 0 Å². The fourth-order valence-electron chi connectivity index (χ4n) is 3.61. The highest BCUT2D eigenvalue weighted by Crippen LogP contribution is 2.32. The standard InChI is InChI=1S/C21H26N6O7/c22-26-24-7-9-33-11-13-34-12-10-32-8-6-23-15-3-1-2-14-18(15)21(31)27(20(14)30)16-4-5-17(28)25-19(16)29/h1-3,16,23H,4-13H2,(H,25,28,29). The second-order valence-corrected chi connectivity index (χ2v) is 7.39. The zero-order chi connectivity index (χ0) is 24.3. The van der Waals surface area contributed by atoms with Crippen LogP contribution in [0.15, 0.2) is 23.3 Å². The van der Waals surface area contributed by atoms with Crippen LogP contribution in [0.25, 0.3) is 10.4 Å². The molecule has 13 heteroatoms. The van der Waals surface area contributed by atoms with E-state index in [2.05, 4.69) is 20.7 Å². The summed E-state index contributed by atoms with van der Waals surface area (Å²) >= 11 is 0. The second kappa shape index (κ2) is 12.7. The Kier molecular flexibility index (Phi) is 9.35. The van der Waals surface area contributed by atoms with E-state index < -0.39 is 29.7 Å². The number of benzene rings is 1. The number of nitrogens with zero attached hydrogens (tertiary/aromatic N) is 4. The monoisotopic (exact) mass is 474 g/mol. The lowest BCUT2D eigenvalue weighted by Gasteiger charge is -2.27. The van der Waals surface area contributed by atoms with Crippen molar-refractivity contribution < 1.29 is 33.4 Å². The van der Waals surface area contributed by atoms with Gasteiger partial charge in [-0.2, -0.15) is 0 Å². The summed E-state index contributed by atoms with van der Waals surface area (Å²) in [5.74, 6) is -2.17. The Morgan fingerprint density at radius 2 is 1.74 bits per heavy atom. The molecule has 1 saturated heterocycles. The molecule has 1 aromatic rings. The zero-order valence-electron chi connectivity index (χ0n) is 18.5. The van der Waals surface area contributed by atoms with Gasteiger partial charge in [0, 0.05) is 30.1 Å². The molecule has 0 spiro atoms. The molecule has 34 heavy (non-hydrogen) atoms. The van der Waals surface area contributed by atoms with Gasteiger partial charge >= 0.3 is 0 Å². The highest BCUT2D eigenvalue weighted by atomic mass is 16.5. The number of carbonyl (C=O) groups excluding carboxylic acids is 4. The van der Waals surface area contributed by atoms with Gasteiger partial charge in [-0.1, -0.05) is 11.2 Å². The van der Waals surface area contributed by atoms with E-state index >= 15 is 0 Å². The molecule has 1 unspecified atom stereocenters. The van der Waals surface area contributed by atoms with Crippen LogP contribution in [-0.4, -0.2) is 87.3 Å². The van der Waals surface area contributed by atoms with Gasteiger partial charge in [-0.25, -0.2) is 0 Å². The van der Waals surface area contributed by atoms with Crippen LogP contribution in [0.3, 0.4) is 0 Å². The molecule has 2 aliphatic rings. The lowest BCUT2D eigenvalue weighted by atomic mass is 10.0. The molecule has 0 aliphatic carbocycles. The van der Waals surface area contributed by atoms with Crippen molar-refractivity contribution in [1.82, 2.24) is 10.2 Å². The normalized spacial score (nSPS) is 17.4. The summed E-state index contributed by atoms with van der Waals surface area (Å²) in [5, 5.41) is 8.63. The number of carbonyl (C=O) groups is 4. The van der Waals surface area contributed by atoms with Crippen molar-refractivity contribution in [3.05, 3.63) is 39.8 Å². The number of azide groups is 1. The molecule has 2 heterocycles. The Bertz CT molecular complexity index is 978. The maximum atomic E-state index is 13.0. The average molecular weight is 474 g/mol. The third kappa shape index (κ3) is 6.29. The summed E-state index contributed by atoms with van der Waals surface area (Å²) in [7, 11) is 0. The molecule has 1 atom stereocenters. The lowest BCUT2D eigenvalue weighted by Crippen LogP contribution is -2.54. The van der Waals surface area contributed by atoms with Crippen molar-refractivity contribution >= 4 is 29.3 Å². The number of rotatable bonds is 14. The van der Waals surface area contributed by atoms with Crippen LogP contribution in [0, 0.1) is 0 Å². The summed E-state index contributed by atoms with van der Waals surface area (Å²) in [5.41, 5.74) is 9.04. The minimum absolute atomic E-state index is 0.0699. The van der Waals surface area contributed by atoms with E-state index in [0.29, 0.717) is 51.9 Å². The molecule has 1 aromatic carbocycles. The quantitative estimate of drug-likeness (QED) is 0.131. The lowest BCUT2D eigenvalue weighted by molar-refractivity contribution is -0.136. The molecule has 3 rings (SSSR count). The molecule has 182 valence electrons. The van der Waals surface area contributed by atoms with E-state index in [1.54, 1.807) is 18.2 Å². The Morgan fingerprint density at radius 1 is 1.03 bits per heavy atom. The first-order valence-corrected chi connectivity index (χ1v) is 10.9. The van der Waals surface area contributed by atoms with Crippen molar-refractivity contribution in [1.29, 1.82) is 0 Å². The molecule has 0 bridgehead atoms. The second-order valence-electron chi connectivity index (χ2n) is 7.39. The Morgan fingerprint density at radius 3 is 2.44 bits per heavy atom. The summed E-state index contributed by atoms with van der Waals surface area (Å²) in [4.78, 5) is 53.0. The molecule has 13 nitrogen and oxygen atoms in total. The van der Waals surface area contributed by atoms with Gasteiger partial charge in [0.15, 0.2) is 0 Å². The van der Waals surface area contributed by atoms with Gasteiger partial charge in [0.05, 0.1) is 50.8 Å². The van der Waals surface area contributed by atoms with Gasteiger partial charge < -0.3 is 19.5 Å². The third-order valence-electron chi connectivity index (χ3n) is 5.17. The van der Waals surface area contributed by atoms with E-state index in [1.807, 2.05) is 0 Å². The minimum Gasteiger partial charge on any atom is -0.382 e. The van der Waals surface area contributed by atoms with Gasteiger partial charge in [-0.15, -0.1) is 0 Å². The molecule has 2 aliphatic heterocycles. The van der Waals surface area contributed by atoms with E-state index in [-0.39, 0.29) is 30.5 Å². The van der Waals surface area contributed by atoms with Crippen molar-refractivity contribution in [2.75, 3.05) is 58.0 Å². The van der Waals surface area contributed by atoms with Gasteiger partial charge in [-0.3, -0.25) is 29.4 Å². The minimum atomic E-state index is -1.00. The van der Waals surface area contributed by atoms with E-state index in [0.717, 1.165) is 4.90 Å². The zero-order valence-corrected chi connectivity index (χ0v) is 18.5. The first kappa shape index (κ1) is 25.1. The van der Waals surface area contributed by atoms with Gasteiger partial charge in [0.2, 0.25) is 11.8 Å². The van der Waals surface area contributed by atoms with Crippen molar-refractivity contribution in [3.8, 4) is 0 Å². The Labute approximate surface area is 195 Å². The van der Waals surface area contributed by atoms with E-state index in [9.17, 15) is 19.2 Å². The number of hydrogen-bond acceptors (Lipinski definition) is 9. The van der Waals surface area contributed by atoms with Crippen molar-refractivity contribution in [3.63, 3.8) is 0 Å². The maximum Gasteiger partial charge on any atom is 0.264 e. The predicted molar refractivity (Wildman–Crippen MR) is 118 cm³/mol. The third-order valence-corrected chi connectivity index (χ3v) is 5.17. The first-order valence-electron chi connectivity index (χ1n) is 10.9. The number of amides is 4. The van der Waals surface area contributed by atoms with Crippen molar-refractivity contribution in [2.24, 2.45) is 5.11 Å². The van der Waals surface area contributed by atoms with Crippen LogP contribution in [-0.2, 0) is 23.8 Å².